The van der Waals surface area contributed by atoms with Gasteiger partial charge in [0.05, 0.1) is 34.1 Å². The van der Waals surface area contributed by atoms with Gasteiger partial charge in [0, 0.05) is 12.1 Å². The summed E-state index contributed by atoms with van der Waals surface area (Å²) >= 11 is 0. The fraction of sp³-hybridized carbons (Fsp3) is 0.600. The van der Waals surface area contributed by atoms with Crippen molar-refractivity contribution in [3.05, 3.63) is 23.8 Å². The van der Waals surface area contributed by atoms with E-state index in [1.165, 1.54) is 12.1 Å². The fourth-order valence-electron chi connectivity index (χ4n) is 4.23. The molecular formula is C20H23F3N4O3S. The standard InChI is InChI=1S/C20H23F3N4O3S/c1-12-10-24-17-26(11-19(7-8-19)20(21,22)23)16(28)14-9-13(3-4-15(14)27(12)17)31(29,30)25-18(2)5-6-18/h3-4,9,12,25H,5-8,10-11H2,1-2H3/t12-/m1/s1. The summed E-state index contributed by atoms with van der Waals surface area (Å²) in [7, 11) is -3.86. The second-order valence-electron chi connectivity index (χ2n) is 9.37. The van der Waals surface area contributed by atoms with Gasteiger partial charge in [-0.15, -0.1) is 0 Å². The summed E-state index contributed by atoms with van der Waals surface area (Å²) in [5.74, 6) is -0.441. The van der Waals surface area contributed by atoms with Crippen LogP contribution in [0.4, 0.5) is 18.9 Å². The van der Waals surface area contributed by atoms with Gasteiger partial charge in [-0.25, -0.2) is 13.1 Å². The number of hydrogen-bond acceptors (Lipinski definition) is 5. The van der Waals surface area contributed by atoms with Crippen molar-refractivity contribution in [3.63, 3.8) is 0 Å². The largest absolute Gasteiger partial charge is 0.396 e. The molecule has 1 aromatic carbocycles. The molecule has 0 radical (unpaired) electrons. The van der Waals surface area contributed by atoms with Gasteiger partial charge < -0.3 is 4.90 Å². The fourth-order valence-corrected chi connectivity index (χ4v) is 5.72. The number of benzene rings is 1. The van der Waals surface area contributed by atoms with Crippen molar-refractivity contribution in [3.8, 4) is 0 Å². The van der Waals surface area contributed by atoms with Gasteiger partial charge in [-0.1, -0.05) is 0 Å². The van der Waals surface area contributed by atoms with E-state index in [4.69, 9.17) is 0 Å². The van der Waals surface area contributed by atoms with Gasteiger partial charge in [0.25, 0.3) is 5.91 Å². The third-order valence-electron chi connectivity index (χ3n) is 6.70. The summed E-state index contributed by atoms with van der Waals surface area (Å²) in [6.07, 6.45) is -3.03. The highest BCUT2D eigenvalue weighted by atomic mass is 32.2. The molecule has 0 spiro atoms. The highest BCUT2D eigenvalue weighted by Gasteiger charge is 2.65. The Labute approximate surface area is 178 Å². The van der Waals surface area contributed by atoms with Crippen molar-refractivity contribution in [2.45, 2.75) is 62.2 Å². The third-order valence-corrected chi connectivity index (χ3v) is 8.34. The number of carbonyl (C=O) groups is 1. The Hall–Kier alpha value is -2.14. The molecule has 11 heteroatoms. The molecule has 5 rings (SSSR count). The first-order valence-electron chi connectivity index (χ1n) is 10.3. The first kappa shape index (κ1) is 20.7. The molecule has 7 nitrogen and oxygen atoms in total. The lowest BCUT2D eigenvalue weighted by Crippen LogP contribution is -2.55. The lowest BCUT2D eigenvalue weighted by molar-refractivity contribution is -0.188. The number of nitrogens with one attached hydrogen (secondary N) is 1. The Morgan fingerprint density at radius 1 is 1.23 bits per heavy atom. The Morgan fingerprint density at radius 2 is 1.90 bits per heavy atom. The van der Waals surface area contributed by atoms with E-state index in [-0.39, 0.29) is 35.3 Å². The lowest BCUT2D eigenvalue weighted by Gasteiger charge is -2.39. The molecule has 1 aromatic rings. The summed E-state index contributed by atoms with van der Waals surface area (Å²) in [6, 6.07) is 4.09. The SMILES string of the molecule is C[C@@H]1CN=C2N(CC3(C(F)(F)F)CC3)C(=O)c3cc(S(=O)(=O)NC4(C)CC4)ccc3N21. The van der Waals surface area contributed by atoms with E-state index >= 15 is 0 Å². The Balaban J connectivity index is 1.55. The molecular weight excluding hydrogens is 433 g/mol. The number of aliphatic imine (C=N–C) groups is 1. The molecule has 1 amide bonds. The molecule has 1 atom stereocenters. The van der Waals surface area contributed by atoms with Crippen molar-refractivity contribution in [2.75, 3.05) is 18.0 Å². The van der Waals surface area contributed by atoms with Crippen molar-refractivity contribution >= 4 is 27.6 Å². The zero-order valence-corrected chi connectivity index (χ0v) is 18.0. The van der Waals surface area contributed by atoms with Gasteiger partial charge in [0.15, 0.2) is 0 Å². The zero-order valence-electron chi connectivity index (χ0n) is 17.2. The molecule has 0 saturated heterocycles. The minimum atomic E-state index is -4.42. The van der Waals surface area contributed by atoms with Crippen LogP contribution in [0.5, 0.6) is 0 Å². The molecule has 2 saturated carbocycles. The monoisotopic (exact) mass is 456 g/mol. The third kappa shape index (κ3) is 3.24. The first-order chi connectivity index (χ1) is 14.4. The molecule has 2 heterocycles. The van der Waals surface area contributed by atoms with Gasteiger partial charge in [-0.3, -0.25) is 14.7 Å². The maximum atomic E-state index is 13.6. The number of anilines is 1. The topological polar surface area (TPSA) is 82.1 Å². The van der Waals surface area contributed by atoms with Crippen molar-refractivity contribution in [1.82, 2.24) is 9.62 Å². The van der Waals surface area contributed by atoms with Crippen LogP contribution in [0.15, 0.2) is 28.1 Å². The summed E-state index contributed by atoms with van der Waals surface area (Å²) < 4.78 is 69.0. The summed E-state index contributed by atoms with van der Waals surface area (Å²) in [4.78, 5) is 20.4. The van der Waals surface area contributed by atoms with Gasteiger partial charge in [-0.05, 0) is 57.7 Å². The number of alkyl halides is 3. The average molecular weight is 456 g/mol. The number of amides is 1. The van der Waals surface area contributed by atoms with E-state index in [2.05, 4.69) is 9.71 Å². The highest BCUT2D eigenvalue weighted by molar-refractivity contribution is 7.89. The van der Waals surface area contributed by atoms with Crippen LogP contribution >= 0.6 is 0 Å². The van der Waals surface area contributed by atoms with Gasteiger partial charge in [-0.2, -0.15) is 13.2 Å². The van der Waals surface area contributed by atoms with E-state index in [9.17, 15) is 26.4 Å². The molecule has 2 fully saturated rings. The van der Waals surface area contributed by atoms with Crippen molar-refractivity contribution < 1.29 is 26.4 Å². The van der Waals surface area contributed by atoms with E-state index in [1.54, 1.807) is 17.9 Å². The van der Waals surface area contributed by atoms with Crippen LogP contribution in [0.1, 0.15) is 49.9 Å². The molecule has 1 N–H and O–H groups in total. The Morgan fingerprint density at radius 3 is 2.48 bits per heavy atom. The molecule has 2 aliphatic carbocycles. The summed E-state index contributed by atoms with van der Waals surface area (Å²) in [6.45, 7) is 3.50. The molecule has 0 unspecified atom stereocenters. The van der Waals surface area contributed by atoms with Crippen LogP contribution in [0.25, 0.3) is 0 Å². The van der Waals surface area contributed by atoms with Gasteiger partial charge in [0.1, 0.15) is 0 Å². The van der Waals surface area contributed by atoms with Crippen LogP contribution < -0.4 is 9.62 Å². The van der Waals surface area contributed by atoms with Gasteiger partial charge >= 0.3 is 6.18 Å². The minimum absolute atomic E-state index is 0.0348. The molecule has 4 aliphatic rings. The van der Waals surface area contributed by atoms with Crippen LogP contribution in [-0.2, 0) is 10.0 Å². The van der Waals surface area contributed by atoms with Crippen molar-refractivity contribution in [1.29, 1.82) is 0 Å². The number of carbonyl (C=O) groups excluding carboxylic acids is 1. The van der Waals surface area contributed by atoms with Crippen molar-refractivity contribution in [2.24, 2.45) is 10.4 Å². The normalized spacial score (nSPS) is 25.8. The van der Waals surface area contributed by atoms with E-state index in [1.807, 2.05) is 6.92 Å². The van der Waals surface area contributed by atoms with Crippen LogP contribution in [0, 0.1) is 5.41 Å². The number of guanidine groups is 1. The number of hydrogen-bond donors (Lipinski definition) is 1. The summed E-state index contributed by atoms with van der Waals surface area (Å²) in [5, 5.41) is 0. The number of halogens is 3. The van der Waals surface area contributed by atoms with E-state index < -0.39 is 39.6 Å². The maximum absolute atomic E-state index is 13.6. The smallest absolute Gasteiger partial charge is 0.307 e. The van der Waals surface area contributed by atoms with Crippen LogP contribution in [0.3, 0.4) is 0 Å². The molecule has 31 heavy (non-hydrogen) atoms. The minimum Gasteiger partial charge on any atom is -0.307 e. The van der Waals surface area contributed by atoms with E-state index in [0.717, 1.165) is 17.7 Å². The van der Waals surface area contributed by atoms with Crippen LogP contribution in [-0.4, -0.2) is 56.0 Å². The molecule has 0 bridgehead atoms. The molecule has 2 aliphatic heterocycles. The predicted octanol–water partition coefficient (Wildman–Crippen LogP) is 2.88. The Bertz CT molecular complexity index is 1110. The Kier molecular flexibility index (Phi) is 4.16. The van der Waals surface area contributed by atoms with Gasteiger partial charge in [0.2, 0.25) is 16.0 Å². The van der Waals surface area contributed by atoms with Crippen LogP contribution in [0.2, 0.25) is 0 Å². The highest BCUT2D eigenvalue weighted by Crippen LogP contribution is 2.58. The second-order valence-corrected chi connectivity index (χ2v) is 11.1. The second kappa shape index (κ2) is 6.22. The average Bonchev–Trinajstić information content (AvgIpc) is 3.57. The maximum Gasteiger partial charge on any atom is 0.396 e. The number of sulfonamides is 1. The predicted molar refractivity (Wildman–Crippen MR) is 107 cm³/mol. The molecule has 0 aromatic heterocycles. The number of rotatable bonds is 5. The zero-order chi connectivity index (χ0) is 22.4. The number of fused-ring (bicyclic) bond motifs is 3. The number of nitrogens with zero attached hydrogens (tertiary/aromatic N) is 3. The van der Waals surface area contributed by atoms with E-state index in [0.29, 0.717) is 12.2 Å². The lowest BCUT2D eigenvalue weighted by atomic mass is 10.0. The quantitative estimate of drug-likeness (QED) is 0.739. The molecule has 168 valence electrons. The summed E-state index contributed by atoms with van der Waals surface area (Å²) in [5.41, 5.74) is -1.86. The first-order valence-corrected chi connectivity index (χ1v) is 11.7.